The second-order valence-electron chi connectivity index (χ2n) is 10.4. The van der Waals surface area contributed by atoms with Gasteiger partial charge in [-0.3, -0.25) is 13.9 Å². The molecule has 4 aromatic carbocycles. The molecule has 0 aliphatic carbocycles. The van der Waals surface area contributed by atoms with Gasteiger partial charge in [0.2, 0.25) is 11.8 Å². The lowest BCUT2D eigenvalue weighted by Crippen LogP contribution is -2.53. The van der Waals surface area contributed by atoms with Crippen molar-refractivity contribution in [3.63, 3.8) is 0 Å². The van der Waals surface area contributed by atoms with Crippen molar-refractivity contribution < 1.29 is 18.0 Å². The van der Waals surface area contributed by atoms with Crippen molar-refractivity contribution in [3.05, 3.63) is 129 Å². The Morgan fingerprint density at radius 2 is 1.53 bits per heavy atom. The maximum atomic E-state index is 14.5. The first-order valence-corrected chi connectivity index (χ1v) is 17.5. The third-order valence-electron chi connectivity index (χ3n) is 7.12. The van der Waals surface area contributed by atoms with E-state index in [9.17, 15) is 18.0 Å². The van der Waals surface area contributed by atoms with Crippen molar-refractivity contribution in [2.45, 2.75) is 43.7 Å². The van der Waals surface area contributed by atoms with Gasteiger partial charge in [0.15, 0.2) is 0 Å². The Bertz CT molecular complexity index is 1710. The summed E-state index contributed by atoms with van der Waals surface area (Å²) in [6.07, 6.45) is 1.91. The molecular weight excluding hydrogens is 697 g/mol. The minimum absolute atomic E-state index is 0.0450. The Balaban J connectivity index is 1.79. The van der Waals surface area contributed by atoms with E-state index in [-0.39, 0.29) is 29.5 Å². The van der Waals surface area contributed by atoms with Gasteiger partial charge in [-0.15, -0.1) is 0 Å². The SMILES string of the molecule is CCCCNC(=O)[C@H](Cc1ccccc1)N(Cc1cccc(Br)c1)C(=O)CN(c1cccc(Cl)c1)S(=O)(=O)c1ccc(Cl)cc1. The van der Waals surface area contributed by atoms with Crippen LogP contribution < -0.4 is 9.62 Å². The first kappa shape index (κ1) is 34.5. The number of sulfonamides is 1. The van der Waals surface area contributed by atoms with Gasteiger partial charge in [0.05, 0.1) is 10.6 Å². The van der Waals surface area contributed by atoms with Gasteiger partial charge in [-0.05, 0) is 72.1 Å². The molecule has 236 valence electrons. The molecule has 1 N–H and O–H groups in total. The van der Waals surface area contributed by atoms with Crippen molar-refractivity contribution in [2.75, 3.05) is 17.4 Å². The quantitative estimate of drug-likeness (QED) is 0.136. The molecule has 0 saturated carbocycles. The third-order valence-corrected chi connectivity index (χ3v) is 9.89. The predicted molar refractivity (Wildman–Crippen MR) is 184 cm³/mol. The molecule has 0 radical (unpaired) electrons. The van der Waals surface area contributed by atoms with Crippen molar-refractivity contribution >= 4 is 66.7 Å². The molecule has 0 aromatic heterocycles. The van der Waals surface area contributed by atoms with Crippen molar-refractivity contribution in [1.29, 1.82) is 0 Å². The number of amides is 2. The van der Waals surface area contributed by atoms with Crippen LogP contribution in [-0.4, -0.2) is 44.3 Å². The van der Waals surface area contributed by atoms with E-state index in [0.29, 0.717) is 16.6 Å². The van der Waals surface area contributed by atoms with Crippen LogP contribution in [0, 0.1) is 0 Å². The molecule has 4 aromatic rings. The molecule has 0 unspecified atom stereocenters. The molecule has 0 fully saturated rings. The fourth-order valence-corrected chi connectivity index (χ4v) is 6.95. The Labute approximate surface area is 283 Å². The van der Waals surface area contributed by atoms with E-state index in [1.54, 1.807) is 18.2 Å². The Kier molecular flexibility index (Phi) is 12.5. The lowest BCUT2D eigenvalue weighted by molar-refractivity contribution is -0.140. The number of anilines is 1. The zero-order chi connectivity index (χ0) is 32.4. The molecule has 0 spiro atoms. The van der Waals surface area contributed by atoms with Gasteiger partial charge in [-0.25, -0.2) is 8.42 Å². The van der Waals surface area contributed by atoms with Crippen LogP contribution in [0.3, 0.4) is 0 Å². The summed E-state index contributed by atoms with van der Waals surface area (Å²) in [6, 6.07) is 28.0. The standard InChI is InChI=1S/C34H34BrCl2N3O4S/c1-2-3-19-38-34(42)32(21-25-9-5-4-6-10-25)39(23-26-11-7-12-27(35)20-26)33(41)24-40(30-14-8-13-29(37)22-30)45(43,44)31-17-15-28(36)16-18-31/h4-18,20,22,32H,2-3,19,21,23-24H2,1H3,(H,38,42)/t32-/m0/s1. The number of nitrogens with one attached hydrogen (secondary N) is 1. The molecule has 4 rings (SSSR count). The first-order valence-electron chi connectivity index (χ1n) is 14.5. The summed E-state index contributed by atoms with van der Waals surface area (Å²) in [7, 11) is -4.26. The molecule has 7 nitrogen and oxygen atoms in total. The summed E-state index contributed by atoms with van der Waals surface area (Å²) in [4.78, 5) is 29.7. The van der Waals surface area contributed by atoms with E-state index in [1.165, 1.54) is 35.2 Å². The van der Waals surface area contributed by atoms with E-state index in [4.69, 9.17) is 23.2 Å². The summed E-state index contributed by atoms with van der Waals surface area (Å²) in [5.41, 5.74) is 1.84. The Morgan fingerprint density at radius 3 is 2.20 bits per heavy atom. The average molecular weight is 732 g/mol. The summed E-state index contributed by atoms with van der Waals surface area (Å²) in [5, 5.41) is 3.66. The fraction of sp³-hybridized carbons (Fsp3) is 0.235. The van der Waals surface area contributed by atoms with Crippen molar-refractivity contribution in [3.8, 4) is 0 Å². The van der Waals surface area contributed by atoms with Crippen LogP contribution in [0.25, 0.3) is 0 Å². The summed E-state index contributed by atoms with van der Waals surface area (Å²) >= 11 is 15.8. The summed E-state index contributed by atoms with van der Waals surface area (Å²) in [6.45, 7) is 1.98. The topological polar surface area (TPSA) is 86.8 Å². The van der Waals surface area contributed by atoms with Crippen LogP contribution in [0.4, 0.5) is 5.69 Å². The van der Waals surface area contributed by atoms with Crippen LogP contribution in [-0.2, 0) is 32.6 Å². The fourth-order valence-electron chi connectivity index (χ4n) is 4.79. The Morgan fingerprint density at radius 1 is 0.844 bits per heavy atom. The van der Waals surface area contributed by atoms with Crippen LogP contribution in [0.15, 0.2) is 112 Å². The summed E-state index contributed by atoms with van der Waals surface area (Å²) < 4.78 is 30.0. The van der Waals surface area contributed by atoms with E-state index >= 15 is 0 Å². The highest BCUT2D eigenvalue weighted by Crippen LogP contribution is 2.28. The van der Waals surface area contributed by atoms with Crippen molar-refractivity contribution in [1.82, 2.24) is 10.2 Å². The molecule has 0 aliphatic rings. The second kappa shape index (κ2) is 16.3. The van der Waals surface area contributed by atoms with E-state index in [2.05, 4.69) is 21.2 Å². The van der Waals surface area contributed by atoms with Gasteiger partial charge >= 0.3 is 0 Å². The number of benzene rings is 4. The number of hydrogen-bond acceptors (Lipinski definition) is 4. The first-order chi connectivity index (χ1) is 21.6. The molecule has 0 heterocycles. The van der Waals surface area contributed by atoms with Gasteiger partial charge in [-0.2, -0.15) is 0 Å². The number of carbonyl (C=O) groups excluding carboxylic acids is 2. The van der Waals surface area contributed by atoms with Crippen LogP contribution in [0.1, 0.15) is 30.9 Å². The zero-order valence-electron chi connectivity index (χ0n) is 24.7. The molecule has 11 heteroatoms. The van der Waals surface area contributed by atoms with E-state index in [0.717, 1.165) is 32.7 Å². The van der Waals surface area contributed by atoms with Crippen LogP contribution >= 0.6 is 39.1 Å². The summed E-state index contributed by atoms with van der Waals surface area (Å²) in [5.74, 6) is -0.871. The smallest absolute Gasteiger partial charge is 0.264 e. The number of unbranched alkanes of at least 4 members (excludes halogenated alkanes) is 1. The van der Waals surface area contributed by atoms with Gasteiger partial charge in [0, 0.05) is 34.0 Å². The molecule has 1 atom stereocenters. The number of halogens is 3. The number of carbonyl (C=O) groups is 2. The largest absolute Gasteiger partial charge is 0.354 e. The lowest BCUT2D eigenvalue weighted by Gasteiger charge is -2.34. The molecule has 45 heavy (non-hydrogen) atoms. The molecule has 0 bridgehead atoms. The normalized spacial score (nSPS) is 11.9. The van der Waals surface area contributed by atoms with Crippen LogP contribution in [0.2, 0.25) is 10.0 Å². The van der Waals surface area contributed by atoms with Crippen LogP contribution in [0.5, 0.6) is 0 Å². The number of hydrogen-bond donors (Lipinski definition) is 1. The average Bonchev–Trinajstić information content (AvgIpc) is 3.02. The number of rotatable bonds is 14. The second-order valence-corrected chi connectivity index (χ2v) is 14.1. The predicted octanol–water partition coefficient (Wildman–Crippen LogP) is 7.51. The van der Waals surface area contributed by atoms with Gasteiger partial charge < -0.3 is 10.2 Å². The monoisotopic (exact) mass is 729 g/mol. The maximum absolute atomic E-state index is 14.5. The van der Waals surface area contributed by atoms with Crippen molar-refractivity contribution in [2.24, 2.45) is 0 Å². The molecule has 2 amide bonds. The Hall–Kier alpha value is -3.37. The van der Waals surface area contributed by atoms with E-state index < -0.39 is 28.5 Å². The highest BCUT2D eigenvalue weighted by molar-refractivity contribution is 9.10. The van der Waals surface area contributed by atoms with Gasteiger partial charge in [0.1, 0.15) is 12.6 Å². The maximum Gasteiger partial charge on any atom is 0.264 e. The minimum atomic E-state index is -4.26. The number of nitrogens with zero attached hydrogens (tertiary/aromatic N) is 2. The molecular formula is C34H34BrCl2N3O4S. The molecule has 0 saturated heterocycles. The van der Waals surface area contributed by atoms with Gasteiger partial charge in [-0.1, -0.05) is 101 Å². The molecule has 0 aliphatic heterocycles. The van der Waals surface area contributed by atoms with E-state index in [1.807, 2.05) is 61.5 Å². The minimum Gasteiger partial charge on any atom is -0.354 e. The zero-order valence-corrected chi connectivity index (χ0v) is 28.6. The highest BCUT2D eigenvalue weighted by atomic mass is 79.9. The van der Waals surface area contributed by atoms with Gasteiger partial charge in [0.25, 0.3) is 10.0 Å². The third kappa shape index (κ3) is 9.56. The highest BCUT2D eigenvalue weighted by Gasteiger charge is 2.34. The lowest BCUT2D eigenvalue weighted by atomic mass is 10.0.